The van der Waals surface area contributed by atoms with E-state index >= 15 is 0 Å². The Kier molecular flexibility index (Phi) is 4.49. The summed E-state index contributed by atoms with van der Waals surface area (Å²) >= 11 is 0. The zero-order valence-electron chi connectivity index (χ0n) is 19.2. The van der Waals surface area contributed by atoms with Gasteiger partial charge in [-0.2, -0.15) is 0 Å². The molecule has 168 valence electrons. The fourth-order valence-corrected chi connectivity index (χ4v) is 4.23. The first-order valence-electron chi connectivity index (χ1n) is 10.7. The molecule has 2 aliphatic rings. The largest absolute Gasteiger partial charge is 0.441 e. The molecule has 5 rings (SSSR count). The van der Waals surface area contributed by atoms with E-state index in [4.69, 9.17) is 4.74 Å². The molecule has 0 aliphatic carbocycles. The van der Waals surface area contributed by atoms with Gasteiger partial charge in [0.15, 0.2) is 11.6 Å². The minimum atomic E-state index is -0.746. The molecule has 2 aliphatic heterocycles. The number of carbonyl (C=O) groups is 2. The maximum absolute atomic E-state index is 13.5. The molecule has 0 spiro atoms. The van der Waals surface area contributed by atoms with Gasteiger partial charge in [0.1, 0.15) is 11.4 Å². The lowest BCUT2D eigenvalue weighted by Crippen LogP contribution is -2.34. The Morgan fingerprint density at radius 3 is 2.30 bits per heavy atom. The van der Waals surface area contributed by atoms with Crippen LogP contribution in [0.15, 0.2) is 43.0 Å². The van der Waals surface area contributed by atoms with Gasteiger partial charge in [-0.15, -0.1) is 0 Å². The van der Waals surface area contributed by atoms with E-state index < -0.39 is 17.1 Å². The van der Waals surface area contributed by atoms with E-state index in [2.05, 4.69) is 19.9 Å². The summed E-state index contributed by atoms with van der Waals surface area (Å²) in [6, 6.07) is 5.87. The molecule has 0 N–H and O–H groups in total. The lowest BCUT2D eigenvalue weighted by Gasteiger charge is -2.21. The molecule has 1 aromatic carbocycles. The third kappa shape index (κ3) is 3.40. The van der Waals surface area contributed by atoms with Crippen molar-refractivity contribution in [3.63, 3.8) is 0 Å². The predicted octanol–water partition coefficient (Wildman–Crippen LogP) is 3.93. The van der Waals surface area contributed by atoms with Crippen molar-refractivity contribution in [3.05, 3.63) is 54.4 Å². The van der Waals surface area contributed by atoms with Crippen LogP contribution >= 0.6 is 0 Å². The van der Waals surface area contributed by atoms with E-state index in [0.29, 0.717) is 24.0 Å². The second kappa shape index (κ2) is 7.06. The predicted molar refractivity (Wildman–Crippen MR) is 122 cm³/mol. The highest BCUT2D eigenvalue weighted by atomic mass is 16.6. The van der Waals surface area contributed by atoms with Crippen molar-refractivity contribution < 1.29 is 14.3 Å². The summed E-state index contributed by atoms with van der Waals surface area (Å²) < 4.78 is 5.39. The summed E-state index contributed by atoms with van der Waals surface area (Å²) in [6.45, 7) is 9.62. The van der Waals surface area contributed by atoms with Gasteiger partial charge in [-0.3, -0.25) is 19.6 Å². The van der Waals surface area contributed by atoms with E-state index in [0.717, 1.165) is 22.4 Å². The average Bonchev–Trinajstić information content (AvgIpc) is 3.16. The van der Waals surface area contributed by atoms with Crippen molar-refractivity contribution in [2.24, 2.45) is 0 Å². The van der Waals surface area contributed by atoms with Crippen molar-refractivity contribution in [1.82, 2.24) is 19.9 Å². The first-order valence-corrected chi connectivity index (χ1v) is 10.7. The second-order valence-corrected chi connectivity index (χ2v) is 9.47. The van der Waals surface area contributed by atoms with Crippen LogP contribution in [0.5, 0.6) is 0 Å². The molecule has 0 saturated carbocycles. The zero-order valence-corrected chi connectivity index (χ0v) is 19.2. The summed E-state index contributed by atoms with van der Waals surface area (Å²) in [6.07, 6.45) is 6.07. The van der Waals surface area contributed by atoms with Gasteiger partial charge in [0.2, 0.25) is 5.91 Å². The number of benzene rings is 1. The van der Waals surface area contributed by atoms with E-state index in [-0.39, 0.29) is 5.91 Å². The van der Waals surface area contributed by atoms with Crippen LogP contribution < -0.4 is 9.80 Å². The summed E-state index contributed by atoms with van der Waals surface area (Å²) in [5.41, 5.74) is 1.97. The van der Waals surface area contributed by atoms with E-state index in [1.807, 2.05) is 52.8 Å². The van der Waals surface area contributed by atoms with Crippen molar-refractivity contribution >= 4 is 29.3 Å². The van der Waals surface area contributed by atoms with Crippen LogP contribution in [0.25, 0.3) is 11.1 Å². The molecule has 9 heteroatoms. The van der Waals surface area contributed by atoms with Crippen molar-refractivity contribution in [2.45, 2.75) is 45.6 Å². The normalized spacial score (nSPS) is 18.5. The number of amides is 2. The number of hydrogen-bond donors (Lipinski definition) is 0. The Morgan fingerprint density at radius 2 is 1.64 bits per heavy atom. The molecular weight excluding hydrogens is 420 g/mol. The lowest BCUT2D eigenvalue weighted by molar-refractivity contribution is -0.121. The van der Waals surface area contributed by atoms with Gasteiger partial charge in [-0.1, -0.05) is 12.1 Å². The number of fused-ring (bicyclic) bond motifs is 1. The van der Waals surface area contributed by atoms with E-state index in [1.165, 1.54) is 17.3 Å². The number of anilines is 3. The molecule has 0 radical (unpaired) electrons. The summed E-state index contributed by atoms with van der Waals surface area (Å²) in [5, 5.41) is 0. The molecule has 4 heterocycles. The van der Waals surface area contributed by atoms with Crippen LogP contribution in [-0.4, -0.2) is 44.1 Å². The highest BCUT2D eigenvalue weighted by Crippen LogP contribution is 2.46. The highest BCUT2D eigenvalue weighted by Gasteiger charge is 2.46. The molecular formula is C24H24N6O3. The van der Waals surface area contributed by atoms with Gasteiger partial charge in [0.25, 0.3) is 0 Å². The molecule has 0 unspecified atom stereocenters. The molecule has 2 amide bonds. The SMILES string of the molecule is Cc1ncc(-c2ccc3c(c2)N(c2cncc(N4CC(C)(C)OC4=O)n2)C(=O)C3(C)C)cn1. The van der Waals surface area contributed by atoms with Crippen LogP contribution in [0, 0.1) is 6.92 Å². The van der Waals surface area contributed by atoms with Gasteiger partial charge < -0.3 is 4.74 Å². The first kappa shape index (κ1) is 21.0. The molecule has 3 aromatic rings. The molecule has 2 aromatic heterocycles. The van der Waals surface area contributed by atoms with Crippen molar-refractivity contribution in [1.29, 1.82) is 0 Å². The lowest BCUT2D eigenvalue weighted by atomic mass is 9.85. The Balaban J connectivity index is 1.59. The Morgan fingerprint density at radius 1 is 0.939 bits per heavy atom. The molecule has 0 bridgehead atoms. The minimum absolute atomic E-state index is 0.120. The van der Waals surface area contributed by atoms with Gasteiger partial charge in [-0.05, 0) is 51.8 Å². The minimum Gasteiger partial charge on any atom is -0.441 e. The number of cyclic esters (lactones) is 1. The number of ether oxygens (including phenoxy) is 1. The fourth-order valence-electron chi connectivity index (χ4n) is 4.23. The monoisotopic (exact) mass is 444 g/mol. The number of rotatable bonds is 3. The Labute approximate surface area is 191 Å². The van der Waals surface area contributed by atoms with Crippen LogP contribution in [-0.2, 0) is 14.9 Å². The topological polar surface area (TPSA) is 101 Å². The summed E-state index contributed by atoms with van der Waals surface area (Å²) in [4.78, 5) is 46.3. The molecule has 33 heavy (non-hydrogen) atoms. The van der Waals surface area contributed by atoms with Crippen molar-refractivity contribution in [2.75, 3.05) is 16.3 Å². The standard InChI is InChI=1S/C24H24N6O3/c1-14-26-9-16(10-27-14)15-6-7-17-18(8-15)30(21(31)24(17,4)5)20-12-25-11-19(28-20)29-13-23(2,3)33-22(29)32/h6-12H,13H2,1-5H3. The van der Waals surface area contributed by atoms with E-state index in [1.54, 1.807) is 17.3 Å². The van der Waals surface area contributed by atoms with Gasteiger partial charge in [-0.25, -0.2) is 19.7 Å². The van der Waals surface area contributed by atoms with Crippen LogP contribution in [0.2, 0.25) is 0 Å². The Hall–Kier alpha value is -3.88. The second-order valence-electron chi connectivity index (χ2n) is 9.47. The van der Waals surface area contributed by atoms with Gasteiger partial charge in [0, 0.05) is 18.0 Å². The summed E-state index contributed by atoms with van der Waals surface area (Å²) in [7, 11) is 0. The summed E-state index contributed by atoms with van der Waals surface area (Å²) in [5.74, 6) is 1.25. The average molecular weight is 444 g/mol. The number of hydrogen-bond acceptors (Lipinski definition) is 7. The van der Waals surface area contributed by atoms with Gasteiger partial charge >= 0.3 is 6.09 Å². The molecule has 9 nitrogen and oxygen atoms in total. The molecule has 1 fully saturated rings. The van der Waals surface area contributed by atoms with Crippen LogP contribution in [0.4, 0.5) is 22.1 Å². The number of aromatic nitrogens is 4. The molecule has 0 atom stereocenters. The maximum Gasteiger partial charge on any atom is 0.416 e. The quantitative estimate of drug-likeness (QED) is 0.603. The van der Waals surface area contributed by atoms with E-state index in [9.17, 15) is 9.59 Å². The van der Waals surface area contributed by atoms with Crippen LogP contribution in [0.1, 0.15) is 39.1 Å². The van der Waals surface area contributed by atoms with Crippen LogP contribution in [0.3, 0.4) is 0 Å². The maximum atomic E-state index is 13.5. The highest BCUT2D eigenvalue weighted by molar-refractivity contribution is 6.12. The Bertz CT molecular complexity index is 1290. The third-order valence-electron chi connectivity index (χ3n) is 6.00. The number of aryl methyl sites for hydroxylation is 1. The smallest absolute Gasteiger partial charge is 0.416 e. The fraction of sp³-hybridized carbons (Fsp3) is 0.333. The number of carbonyl (C=O) groups excluding carboxylic acids is 2. The first-order chi connectivity index (χ1) is 15.6. The van der Waals surface area contributed by atoms with Crippen molar-refractivity contribution in [3.8, 4) is 11.1 Å². The zero-order chi connectivity index (χ0) is 23.5. The number of nitrogens with zero attached hydrogens (tertiary/aromatic N) is 6. The third-order valence-corrected chi connectivity index (χ3v) is 6.00. The van der Waals surface area contributed by atoms with Gasteiger partial charge in [0.05, 0.1) is 30.0 Å². The molecule has 1 saturated heterocycles.